The molecule has 0 heterocycles. The van der Waals surface area contributed by atoms with Gasteiger partial charge in [0.05, 0.1) is 15.7 Å². The van der Waals surface area contributed by atoms with Crippen LogP contribution in [0, 0.1) is 0 Å². The van der Waals surface area contributed by atoms with Crippen LogP contribution in [0.25, 0.3) is 0 Å². The highest BCUT2D eigenvalue weighted by atomic mass is 35.5. The molecule has 106 valence electrons. The molecule has 4 nitrogen and oxygen atoms in total. The number of anilines is 1. The number of rotatable bonds is 6. The number of hydrogen-bond acceptors (Lipinski definition) is 3. The molecule has 0 aromatic heterocycles. The summed E-state index contributed by atoms with van der Waals surface area (Å²) in [5, 5.41) is 3.40. The zero-order valence-corrected chi connectivity index (χ0v) is 12.7. The van der Waals surface area contributed by atoms with E-state index in [1.807, 2.05) is 0 Å². The lowest BCUT2D eigenvalue weighted by Crippen LogP contribution is -2.34. The number of carbonyl (C=O) groups excluding carboxylic acids is 1. The summed E-state index contributed by atoms with van der Waals surface area (Å²) >= 11 is 11.7. The Morgan fingerprint density at radius 1 is 1.32 bits per heavy atom. The van der Waals surface area contributed by atoms with Crippen molar-refractivity contribution in [1.29, 1.82) is 0 Å². The van der Waals surface area contributed by atoms with E-state index in [2.05, 4.69) is 24.1 Å². The number of nitrogens with one attached hydrogen (secondary N) is 1. The molecule has 3 N–H and O–H groups in total. The average Bonchev–Trinajstić information content (AvgIpc) is 2.40. The second-order valence-electron chi connectivity index (χ2n) is 4.14. The van der Waals surface area contributed by atoms with Gasteiger partial charge < -0.3 is 16.0 Å². The summed E-state index contributed by atoms with van der Waals surface area (Å²) < 4.78 is 0. The number of likely N-dealkylation sites (N-methyl/N-ethyl adjacent to an activating group) is 1. The van der Waals surface area contributed by atoms with E-state index in [1.165, 1.54) is 12.1 Å². The Morgan fingerprint density at radius 3 is 2.47 bits per heavy atom. The van der Waals surface area contributed by atoms with Crippen LogP contribution in [0.5, 0.6) is 0 Å². The van der Waals surface area contributed by atoms with Gasteiger partial charge in [0.2, 0.25) is 0 Å². The second kappa shape index (κ2) is 7.58. The SMILES string of the molecule is CCN(CC)CCNC(=O)c1cc(N)c(Cl)c(Cl)c1. The molecule has 0 saturated heterocycles. The van der Waals surface area contributed by atoms with Crippen molar-refractivity contribution in [1.82, 2.24) is 10.2 Å². The summed E-state index contributed by atoms with van der Waals surface area (Å²) in [7, 11) is 0. The number of amides is 1. The first kappa shape index (κ1) is 16.1. The zero-order valence-electron chi connectivity index (χ0n) is 11.2. The van der Waals surface area contributed by atoms with E-state index < -0.39 is 0 Å². The van der Waals surface area contributed by atoms with Gasteiger partial charge in [-0.3, -0.25) is 4.79 Å². The first-order valence-corrected chi connectivity index (χ1v) is 7.00. The molecule has 1 rings (SSSR count). The predicted octanol–water partition coefficient (Wildman–Crippen LogP) is 2.65. The fraction of sp³-hybridized carbons (Fsp3) is 0.462. The van der Waals surface area contributed by atoms with Crippen LogP contribution in [-0.2, 0) is 0 Å². The van der Waals surface area contributed by atoms with Gasteiger partial charge in [0.25, 0.3) is 5.91 Å². The lowest BCUT2D eigenvalue weighted by atomic mass is 10.2. The molecule has 1 aromatic rings. The van der Waals surface area contributed by atoms with E-state index in [4.69, 9.17) is 28.9 Å². The van der Waals surface area contributed by atoms with Crippen molar-refractivity contribution < 1.29 is 4.79 Å². The van der Waals surface area contributed by atoms with Crippen molar-refractivity contribution in [3.8, 4) is 0 Å². The van der Waals surface area contributed by atoms with Crippen LogP contribution in [0.1, 0.15) is 24.2 Å². The van der Waals surface area contributed by atoms with Gasteiger partial charge in [0.15, 0.2) is 0 Å². The molecular weight excluding hydrogens is 285 g/mol. The molecule has 0 aliphatic heterocycles. The molecule has 0 saturated carbocycles. The van der Waals surface area contributed by atoms with E-state index >= 15 is 0 Å². The molecular formula is C13H19Cl2N3O. The van der Waals surface area contributed by atoms with Gasteiger partial charge in [0.1, 0.15) is 0 Å². The molecule has 0 spiro atoms. The van der Waals surface area contributed by atoms with E-state index in [9.17, 15) is 4.79 Å². The Hall–Kier alpha value is -0.970. The van der Waals surface area contributed by atoms with Crippen LogP contribution >= 0.6 is 23.2 Å². The largest absolute Gasteiger partial charge is 0.397 e. The third-order valence-corrected chi connectivity index (χ3v) is 3.74. The van der Waals surface area contributed by atoms with Gasteiger partial charge in [-0.15, -0.1) is 0 Å². The van der Waals surface area contributed by atoms with E-state index in [1.54, 1.807) is 0 Å². The minimum absolute atomic E-state index is 0.197. The number of halogens is 2. The first-order chi connectivity index (χ1) is 8.99. The van der Waals surface area contributed by atoms with Gasteiger partial charge in [-0.1, -0.05) is 37.0 Å². The van der Waals surface area contributed by atoms with Crippen LogP contribution in [0.2, 0.25) is 10.0 Å². The third kappa shape index (κ3) is 4.56. The second-order valence-corrected chi connectivity index (χ2v) is 4.93. The summed E-state index contributed by atoms with van der Waals surface area (Å²) in [6, 6.07) is 3.05. The molecule has 0 atom stereocenters. The van der Waals surface area contributed by atoms with Gasteiger partial charge in [0, 0.05) is 18.7 Å². The molecule has 0 radical (unpaired) electrons. The van der Waals surface area contributed by atoms with Gasteiger partial charge >= 0.3 is 0 Å². The highest BCUT2D eigenvalue weighted by molar-refractivity contribution is 6.43. The molecule has 1 amide bonds. The van der Waals surface area contributed by atoms with Crippen molar-refractivity contribution in [3.05, 3.63) is 27.7 Å². The normalized spacial score (nSPS) is 10.8. The molecule has 0 bridgehead atoms. The monoisotopic (exact) mass is 303 g/mol. The number of nitrogens with zero attached hydrogens (tertiary/aromatic N) is 1. The van der Waals surface area contributed by atoms with Crippen molar-refractivity contribution in [2.24, 2.45) is 0 Å². The maximum absolute atomic E-state index is 11.9. The lowest BCUT2D eigenvalue weighted by Gasteiger charge is -2.18. The van der Waals surface area contributed by atoms with E-state index in [-0.39, 0.29) is 16.0 Å². The summed E-state index contributed by atoms with van der Waals surface area (Å²) in [6.07, 6.45) is 0. The minimum Gasteiger partial charge on any atom is -0.397 e. The van der Waals surface area contributed by atoms with Crippen LogP contribution < -0.4 is 11.1 Å². The van der Waals surface area contributed by atoms with Gasteiger partial charge in [-0.05, 0) is 25.2 Å². The molecule has 1 aromatic carbocycles. The van der Waals surface area contributed by atoms with Crippen LogP contribution in [-0.4, -0.2) is 37.0 Å². The molecule has 19 heavy (non-hydrogen) atoms. The van der Waals surface area contributed by atoms with Crippen molar-refractivity contribution in [2.75, 3.05) is 31.9 Å². The maximum Gasteiger partial charge on any atom is 0.251 e. The van der Waals surface area contributed by atoms with Crippen molar-refractivity contribution >= 4 is 34.8 Å². The number of nitrogen functional groups attached to an aromatic ring is 1. The fourth-order valence-electron chi connectivity index (χ4n) is 1.71. The summed E-state index contributed by atoms with van der Waals surface area (Å²) in [4.78, 5) is 14.2. The number of benzene rings is 1. The molecule has 0 aliphatic rings. The van der Waals surface area contributed by atoms with Gasteiger partial charge in [-0.25, -0.2) is 0 Å². The summed E-state index contributed by atoms with van der Waals surface area (Å²) in [5.74, 6) is -0.197. The van der Waals surface area contributed by atoms with Crippen LogP contribution in [0.3, 0.4) is 0 Å². The Balaban J connectivity index is 2.59. The molecule has 0 fully saturated rings. The number of nitrogens with two attached hydrogens (primary N) is 1. The van der Waals surface area contributed by atoms with E-state index in [0.29, 0.717) is 17.8 Å². The third-order valence-electron chi connectivity index (χ3n) is 2.93. The molecule has 6 heteroatoms. The first-order valence-electron chi connectivity index (χ1n) is 6.24. The lowest BCUT2D eigenvalue weighted by molar-refractivity contribution is 0.0949. The fourth-order valence-corrected chi connectivity index (χ4v) is 2.05. The Bertz CT molecular complexity index is 425. The molecule has 0 unspecified atom stereocenters. The van der Waals surface area contributed by atoms with Crippen LogP contribution in [0.15, 0.2) is 12.1 Å². The standard InChI is InChI=1S/C13H19Cl2N3O/c1-3-18(4-2)6-5-17-13(19)9-7-10(14)12(15)11(16)8-9/h7-8H,3-6,16H2,1-2H3,(H,17,19). The Kier molecular flexibility index (Phi) is 6.42. The van der Waals surface area contributed by atoms with Gasteiger partial charge in [-0.2, -0.15) is 0 Å². The maximum atomic E-state index is 11.9. The smallest absolute Gasteiger partial charge is 0.251 e. The topological polar surface area (TPSA) is 58.4 Å². The minimum atomic E-state index is -0.197. The Labute approximate surface area is 123 Å². The zero-order chi connectivity index (χ0) is 14.4. The highest BCUT2D eigenvalue weighted by Gasteiger charge is 2.11. The van der Waals surface area contributed by atoms with Crippen molar-refractivity contribution in [2.45, 2.75) is 13.8 Å². The number of carbonyl (C=O) groups is 1. The number of hydrogen-bond donors (Lipinski definition) is 2. The summed E-state index contributed by atoms with van der Waals surface area (Å²) in [5.41, 5.74) is 6.41. The highest BCUT2D eigenvalue weighted by Crippen LogP contribution is 2.29. The summed E-state index contributed by atoms with van der Waals surface area (Å²) in [6.45, 7) is 7.50. The molecule has 0 aliphatic carbocycles. The average molecular weight is 304 g/mol. The Morgan fingerprint density at radius 2 is 1.95 bits per heavy atom. The van der Waals surface area contributed by atoms with E-state index in [0.717, 1.165) is 19.6 Å². The van der Waals surface area contributed by atoms with Crippen LogP contribution in [0.4, 0.5) is 5.69 Å². The quantitative estimate of drug-likeness (QED) is 0.794. The van der Waals surface area contributed by atoms with Crippen molar-refractivity contribution in [3.63, 3.8) is 0 Å². The predicted molar refractivity (Wildman–Crippen MR) is 81.0 cm³/mol.